The predicted molar refractivity (Wildman–Crippen MR) is 93.5 cm³/mol. The lowest BCUT2D eigenvalue weighted by Crippen LogP contribution is -2.42. The highest BCUT2D eigenvalue weighted by Gasteiger charge is 2.62. The van der Waals surface area contributed by atoms with Gasteiger partial charge >= 0.3 is 0 Å². The maximum atomic E-state index is 6.51. The Labute approximate surface area is 146 Å². The molecule has 0 aliphatic carbocycles. The molecular formula is C22H18O3. The summed E-state index contributed by atoms with van der Waals surface area (Å²) in [6.07, 6.45) is 0. The van der Waals surface area contributed by atoms with Crippen molar-refractivity contribution < 1.29 is 14.5 Å². The van der Waals surface area contributed by atoms with Crippen molar-refractivity contribution in [2.45, 2.75) is 24.4 Å². The van der Waals surface area contributed by atoms with E-state index in [4.69, 9.17) is 14.5 Å². The Morgan fingerprint density at radius 1 is 0.720 bits per heavy atom. The fourth-order valence-corrected chi connectivity index (χ4v) is 4.03. The summed E-state index contributed by atoms with van der Waals surface area (Å²) < 4.78 is 6.51. The molecule has 0 spiro atoms. The highest BCUT2D eigenvalue weighted by Crippen LogP contribution is 2.60. The third kappa shape index (κ3) is 2.04. The van der Waals surface area contributed by atoms with Crippen LogP contribution in [0.3, 0.4) is 0 Å². The molecule has 3 nitrogen and oxygen atoms in total. The van der Waals surface area contributed by atoms with E-state index in [2.05, 4.69) is 30.3 Å². The first-order valence-electron chi connectivity index (χ1n) is 8.50. The van der Waals surface area contributed by atoms with Crippen LogP contribution >= 0.6 is 0 Å². The number of hydrogen-bond acceptors (Lipinski definition) is 3. The second-order valence-electron chi connectivity index (χ2n) is 6.68. The molecule has 2 aliphatic heterocycles. The fraction of sp³-hybridized carbons (Fsp3) is 0.182. The summed E-state index contributed by atoms with van der Waals surface area (Å²) in [6.45, 7) is 1.91. The summed E-state index contributed by atoms with van der Waals surface area (Å²) in [5.74, 6) is -2.05. The molecule has 0 aromatic heterocycles. The van der Waals surface area contributed by atoms with Crippen LogP contribution in [0.5, 0.6) is 0 Å². The highest BCUT2D eigenvalue weighted by atomic mass is 17.3. The molecule has 3 aromatic rings. The molecular weight excluding hydrogens is 312 g/mol. The fourth-order valence-electron chi connectivity index (χ4n) is 4.03. The minimum Gasteiger partial charge on any atom is -0.303 e. The molecule has 5 rings (SSSR count). The molecule has 25 heavy (non-hydrogen) atoms. The van der Waals surface area contributed by atoms with E-state index in [9.17, 15) is 0 Å². The molecule has 2 aliphatic rings. The molecule has 1 saturated heterocycles. The zero-order chi connectivity index (χ0) is 16.9. The van der Waals surface area contributed by atoms with Crippen LogP contribution in [0.1, 0.15) is 35.1 Å². The van der Waals surface area contributed by atoms with Crippen LogP contribution in [-0.2, 0) is 26.1 Å². The first-order chi connectivity index (χ1) is 12.2. The van der Waals surface area contributed by atoms with Gasteiger partial charge in [-0.2, -0.15) is 9.78 Å². The Hall–Kier alpha value is -2.46. The SMILES string of the molecule is C[C@@]12OO[C@@](c3ccccc3)(O1)C(c1ccccc1)c1ccccc12. The molecule has 0 N–H and O–H groups in total. The van der Waals surface area contributed by atoms with Gasteiger partial charge in [0.25, 0.3) is 0 Å². The second-order valence-corrected chi connectivity index (χ2v) is 6.68. The third-order valence-electron chi connectivity index (χ3n) is 5.12. The molecule has 3 aromatic carbocycles. The van der Waals surface area contributed by atoms with Gasteiger partial charge in [0.05, 0.1) is 5.92 Å². The topological polar surface area (TPSA) is 27.7 Å². The lowest BCUT2D eigenvalue weighted by molar-refractivity contribution is -0.353. The molecule has 2 bridgehead atoms. The second kappa shape index (κ2) is 5.27. The van der Waals surface area contributed by atoms with E-state index in [0.29, 0.717) is 0 Å². The van der Waals surface area contributed by atoms with Gasteiger partial charge in [0.15, 0.2) is 0 Å². The molecule has 2 heterocycles. The van der Waals surface area contributed by atoms with E-state index < -0.39 is 11.6 Å². The minimum absolute atomic E-state index is 0.122. The summed E-state index contributed by atoms with van der Waals surface area (Å²) >= 11 is 0. The summed E-state index contributed by atoms with van der Waals surface area (Å²) in [4.78, 5) is 11.8. The first-order valence-corrected chi connectivity index (χ1v) is 8.50. The Kier molecular flexibility index (Phi) is 3.13. The summed E-state index contributed by atoms with van der Waals surface area (Å²) in [6, 6.07) is 28.6. The van der Waals surface area contributed by atoms with Crippen molar-refractivity contribution in [2.75, 3.05) is 0 Å². The summed E-state index contributed by atoms with van der Waals surface area (Å²) in [5.41, 5.74) is 4.25. The van der Waals surface area contributed by atoms with Gasteiger partial charge in [0.2, 0.25) is 11.6 Å². The normalized spacial score (nSPS) is 30.0. The number of ether oxygens (including phenoxy) is 1. The lowest BCUT2D eigenvalue weighted by Gasteiger charge is -2.41. The summed E-state index contributed by atoms with van der Waals surface area (Å²) in [7, 11) is 0. The zero-order valence-corrected chi connectivity index (χ0v) is 13.9. The van der Waals surface area contributed by atoms with Gasteiger partial charge in [-0.3, -0.25) is 0 Å². The average molecular weight is 330 g/mol. The van der Waals surface area contributed by atoms with Gasteiger partial charge in [-0.15, -0.1) is 0 Å². The average Bonchev–Trinajstić information content (AvgIpc) is 2.99. The van der Waals surface area contributed by atoms with Crippen LogP contribution in [0, 0.1) is 0 Å². The minimum atomic E-state index is -1.01. The Balaban J connectivity index is 1.81. The van der Waals surface area contributed by atoms with E-state index in [0.717, 1.165) is 16.7 Å². The smallest absolute Gasteiger partial charge is 0.241 e. The molecule has 0 amide bonds. The van der Waals surface area contributed by atoms with Gasteiger partial charge < -0.3 is 4.74 Å². The number of hydrogen-bond donors (Lipinski definition) is 0. The van der Waals surface area contributed by atoms with Crippen molar-refractivity contribution in [2.24, 2.45) is 0 Å². The molecule has 3 heteroatoms. The van der Waals surface area contributed by atoms with E-state index >= 15 is 0 Å². The quantitative estimate of drug-likeness (QED) is 0.630. The van der Waals surface area contributed by atoms with E-state index in [1.165, 1.54) is 5.56 Å². The largest absolute Gasteiger partial charge is 0.303 e. The zero-order valence-electron chi connectivity index (χ0n) is 13.9. The van der Waals surface area contributed by atoms with Gasteiger partial charge in [0.1, 0.15) is 0 Å². The Morgan fingerprint density at radius 3 is 2.12 bits per heavy atom. The molecule has 0 saturated carbocycles. The van der Waals surface area contributed by atoms with Gasteiger partial charge in [0, 0.05) is 11.1 Å². The lowest BCUT2D eigenvalue weighted by atomic mass is 9.75. The molecule has 0 radical (unpaired) electrons. The van der Waals surface area contributed by atoms with Crippen molar-refractivity contribution in [3.8, 4) is 0 Å². The van der Waals surface area contributed by atoms with Crippen LogP contribution < -0.4 is 0 Å². The monoisotopic (exact) mass is 330 g/mol. The van der Waals surface area contributed by atoms with E-state index in [-0.39, 0.29) is 5.92 Å². The predicted octanol–water partition coefficient (Wildman–Crippen LogP) is 4.84. The van der Waals surface area contributed by atoms with Crippen LogP contribution in [-0.4, -0.2) is 0 Å². The van der Waals surface area contributed by atoms with Crippen molar-refractivity contribution in [1.82, 2.24) is 0 Å². The van der Waals surface area contributed by atoms with E-state index in [1.807, 2.05) is 61.5 Å². The molecule has 1 fully saturated rings. The molecule has 124 valence electrons. The Bertz CT molecular complexity index is 909. The molecule has 3 atom stereocenters. The van der Waals surface area contributed by atoms with Crippen molar-refractivity contribution in [3.63, 3.8) is 0 Å². The number of rotatable bonds is 2. The van der Waals surface area contributed by atoms with Crippen molar-refractivity contribution >= 4 is 0 Å². The third-order valence-corrected chi connectivity index (χ3v) is 5.12. The van der Waals surface area contributed by atoms with Gasteiger partial charge in [-0.05, 0) is 18.1 Å². The highest BCUT2D eigenvalue weighted by molar-refractivity contribution is 5.47. The standard InChI is InChI=1S/C22H18O3/c1-21-19-15-9-8-14-18(19)20(16-10-4-2-5-11-16)22(23-21,25-24-21)17-12-6-3-7-13-17/h2-15,20H,1H3/t20?,21-,22+/m0/s1. The number of fused-ring (bicyclic) bond motifs is 4. The van der Waals surface area contributed by atoms with Crippen molar-refractivity contribution in [3.05, 3.63) is 107 Å². The van der Waals surface area contributed by atoms with Crippen LogP contribution in [0.15, 0.2) is 84.9 Å². The molecule has 1 unspecified atom stereocenters. The first kappa shape index (κ1) is 14.8. The van der Waals surface area contributed by atoms with Crippen LogP contribution in [0.25, 0.3) is 0 Å². The maximum Gasteiger partial charge on any atom is 0.241 e. The number of benzene rings is 3. The van der Waals surface area contributed by atoms with Crippen LogP contribution in [0.2, 0.25) is 0 Å². The van der Waals surface area contributed by atoms with E-state index in [1.54, 1.807) is 0 Å². The van der Waals surface area contributed by atoms with Crippen LogP contribution in [0.4, 0.5) is 0 Å². The van der Waals surface area contributed by atoms with Crippen molar-refractivity contribution in [1.29, 1.82) is 0 Å². The Morgan fingerprint density at radius 2 is 1.36 bits per heavy atom. The van der Waals surface area contributed by atoms with Gasteiger partial charge in [-0.1, -0.05) is 84.9 Å². The summed E-state index contributed by atoms with van der Waals surface area (Å²) in [5, 5.41) is 0. The van der Waals surface area contributed by atoms with Gasteiger partial charge in [-0.25, -0.2) is 0 Å². The maximum absolute atomic E-state index is 6.51.